The van der Waals surface area contributed by atoms with Gasteiger partial charge in [-0.25, -0.2) is 9.59 Å². The predicted octanol–water partition coefficient (Wildman–Crippen LogP) is 15.5. The van der Waals surface area contributed by atoms with Gasteiger partial charge >= 0.3 is 30.1 Å². The Morgan fingerprint density at radius 3 is 1.29 bits per heavy atom. The molecule has 18 heteroatoms. The van der Waals surface area contributed by atoms with Crippen molar-refractivity contribution in [2.75, 3.05) is 33.4 Å². The Morgan fingerprint density at radius 2 is 0.918 bits per heavy atom. The highest BCUT2D eigenvalue weighted by Crippen LogP contribution is 2.69. The highest BCUT2D eigenvalue weighted by Gasteiger charge is 2.61. The van der Waals surface area contributed by atoms with Crippen molar-refractivity contribution in [3.05, 3.63) is 23.3 Å². The normalized spacial score (nSPS) is 31.7. The summed E-state index contributed by atoms with van der Waals surface area (Å²) in [5.41, 5.74) is 4.23. The van der Waals surface area contributed by atoms with E-state index in [0.29, 0.717) is 35.5 Å². The van der Waals surface area contributed by atoms with E-state index in [1.54, 1.807) is 0 Å². The topological polar surface area (TPSA) is 254 Å². The number of esters is 2. The molecule has 0 bridgehead atoms. The first kappa shape index (κ1) is 80.8. The smallest absolute Gasteiger partial charge is 0.407 e. The van der Waals surface area contributed by atoms with E-state index in [4.69, 9.17) is 24.1 Å². The maximum atomic E-state index is 12.7. The highest BCUT2D eigenvalue weighted by atomic mass is 16.6. The van der Waals surface area contributed by atoms with Gasteiger partial charge in [0.15, 0.2) is 0 Å². The fourth-order valence-corrected chi connectivity index (χ4v) is 20.4. The van der Waals surface area contributed by atoms with Gasteiger partial charge in [0, 0.05) is 26.3 Å². The van der Waals surface area contributed by atoms with Crippen LogP contribution in [0.1, 0.15) is 277 Å². The van der Waals surface area contributed by atoms with Crippen molar-refractivity contribution >= 4 is 47.8 Å². The van der Waals surface area contributed by atoms with E-state index in [0.717, 1.165) is 111 Å². The van der Waals surface area contributed by atoms with Gasteiger partial charge in [-0.3, -0.25) is 28.8 Å². The average Bonchev–Trinajstić information content (AvgIpc) is 1.71. The van der Waals surface area contributed by atoms with Crippen LogP contribution in [-0.2, 0) is 47.7 Å². The van der Waals surface area contributed by atoms with Crippen LogP contribution in [0.25, 0.3) is 0 Å². The zero-order valence-electron chi connectivity index (χ0n) is 62.9. The van der Waals surface area contributed by atoms with E-state index in [1.807, 2.05) is 27.7 Å². The van der Waals surface area contributed by atoms with E-state index in [2.05, 4.69) is 108 Å². The zero-order chi connectivity index (χ0) is 71.4. The molecule has 8 rings (SSSR count). The van der Waals surface area contributed by atoms with Crippen molar-refractivity contribution in [1.29, 1.82) is 0 Å². The lowest BCUT2D eigenvalue weighted by atomic mass is 9.47. The first-order chi connectivity index (χ1) is 46.1. The summed E-state index contributed by atoms with van der Waals surface area (Å²) in [7, 11) is 1.51. The number of aliphatic carboxylic acids is 1. The maximum absolute atomic E-state index is 12.7. The minimum atomic E-state index is -1.07. The maximum Gasteiger partial charge on any atom is 0.407 e. The van der Waals surface area contributed by atoms with Crippen LogP contribution in [0.5, 0.6) is 0 Å². The minimum absolute atomic E-state index is 0.00913. The van der Waals surface area contributed by atoms with Crippen LogP contribution in [0.15, 0.2) is 23.3 Å². The summed E-state index contributed by atoms with van der Waals surface area (Å²) in [5, 5.41) is 21.9. The molecule has 8 aliphatic rings. The molecule has 18 nitrogen and oxygen atoms in total. The fraction of sp³-hybridized carbons (Fsp3) is 0.848. The van der Waals surface area contributed by atoms with Crippen LogP contribution in [0.3, 0.4) is 0 Å². The van der Waals surface area contributed by atoms with Crippen molar-refractivity contribution < 1.29 is 62.4 Å². The molecule has 18 atom stereocenters. The lowest BCUT2D eigenvalue weighted by Crippen LogP contribution is -2.51. The molecule has 552 valence electrons. The molecule has 0 aromatic carbocycles. The molecule has 0 spiro atoms. The number of rotatable bonds is 30. The van der Waals surface area contributed by atoms with Gasteiger partial charge in [0.05, 0.1) is 31.3 Å². The molecule has 6 N–H and O–H groups in total. The Hall–Kier alpha value is -5.16. The van der Waals surface area contributed by atoms with Gasteiger partial charge < -0.3 is 50.6 Å². The van der Waals surface area contributed by atoms with Crippen LogP contribution in [-0.4, -0.2) is 111 Å². The highest BCUT2D eigenvalue weighted by molar-refractivity contribution is 5.83. The molecule has 6 fully saturated rings. The Labute approximate surface area is 584 Å². The number of carbonyl (C=O) groups excluding carboxylic acids is 7. The zero-order valence-corrected chi connectivity index (χ0v) is 62.9. The molecular weight excluding hydrogens is 1230 g/mol. The number of fused-ring (bicyclic) bond motifs is 10. The summed E-state index contributed by atoms with van der Waals surface area (Å²) in [6.07, 6.45) is 30.7. The third kappa shape index (κ3) is 21.4. The molecule has 0 radical (unpaired) electrons. The third-order valence-electron chi connectivity index (χ3n) is 25.8. The van der Waals surface area contributed by atoms with Gasteiger partial charge in [-0.2, -0.15) is 0 Å². The molecule has 0 aromatic heterocycles. The summed E-state index contributed by atoms with van der Waals surface area (Å²) < 4.78 is 21.9. The molecule has 0 aliphatic heterocycles. The largest absolute Gasteiger partial charge is 0.481 e. The Bertz CT molecular complexity index is 2680. The number of hydrogen-bond donors (Lipinski definition) is 6. The molecule has 8 aliphatic carbocycles. The fourth-order valence-electron chi connectivity index (χ4n) is 20.4. The van der Waals surface area contributed by atoms with Gasteiger partial charge in [-0.1, -0.05) is 159 Å². The molecule has 8 unspecified atom stereocenters. The van der Waals surface area contributed by atoms with Crippen molar-refractivity contribution in [2.24, 2.45) is 92.7 Å². The lowest BCUT2D eigenvalue weighted by Gasteiger charge is -2.58. The van der Waals surface area contributed by atoms with Gasteiger partial charge in [0.25, 0.3) is 0 Å². The number of nitrogens with one attached hydrogen (secondary N) is 5. The second kappa shape index (κ2) is 37.5. The number of amides is 5. The first-order valence-corrected chi connectivity index (χ1v) is 38.7. The summed E-state index contributed by atoms with van der Waals surface area (Å²) in [4.78, 5) is 95.9. The SMILES string of the molecule is CC.CCC(COC(=O)CCC(=O)NC)NC(=O)CNC(=O)O[C@H]1CC[C@@]2(C)C(=CCC3C2CC[C@@]2(C)C3CC[C@@H]2[C@H](C)CCCC(C)C)C1.CCC(COC(=O)CCC(=O)O)NC(=O)CNC(=O)O[C@H]1CC[C@@]2(C)C(=CCC3C2CC[C@@]2(C)C3CC[C@@H]2[C@H](C)CCCC(C)C)C1. The molecule has 6 saturated carbocycles. The summed E-state index contributed by atoms with van der Waals surface area (Å²) in [5.74, 6) is 6.30. The van der Waals surface area contributed by atoms with E-state index in [9.17, 15) is 38.4 Å². The Balaban J connectivity index is 0.000000299. The van der Waals surface area contributed by atoms with E-state index >= 15 is 0 Å². The average molecular weight is 1360 g/mol. The number of alkyl carbamates (subject to hydrolysis) is 2. The first-order valence-electron chi connectivity index (χ1n) is 38.7. The van der Waals surface area contributed by atoms with Crippen molar-refractivity contribution in [3.63, 3.8) is 0 Å². The second-order valence-electron chi connectivity index (χ2n) is 32.6. The van der Waals surface area contributed by atoms with E-state index < -0.39 is 42.0 Å². The van der Waals surface area contributed by atoms with Gasteiger partial charge in [-0.05, 0) is 195 Å². The number of allylic oxidation sites excluding steroid dienone is 2. The summed E-state index contributed by atoms with van der Waals surface area (Å²) in [6.45, 7) is 31.9. The molecule has 0 heterocycles. The van der Waals surface area contributed by atoms with Crippen LogP contribution in [0.2, 0.25) is 0 Å². The second-order valence-corrected chi connectivity index (χ2v) is 32.6. The number of ether oxygens (including phenoxy) is 4. The van der Waals surface area contributed by atoms with Crippen LogP contribution >= 0.6 is 0 Å². The van der Waals surface area contributed by atoms with Gasteiger partial charge in [0.1, 0.15) is 38.5 Å². The summed E-state index contributed by atoms with van der Waals surface area (Å²) in [6, 6.07) is -0.818. The van der Waals surface area contributed by atoms with Crippen LogP contribution < -0.4 is 26.6 Å². The number of hydrogen-bond acceptors (Lipinski definition) is 12. The van der Waals surface area contributed by atoms with Crippen molar-refractivity contribution in [2.45, 2.75) is 301 Å². The van der Waals surface area contributed by atoms with E-state index in [1.165, 1.54) is 108 Å². The standard InChI is InChI=1S/C39H65N3O6.C38H62N2O7.C2H6/c1-8-28(24-47-36(45)17-16-34(43)40-7)42-35(44)23-41-37(46)48-29-18-20-38(5)27(22-29)12-13-30-32-15-14-31(26(4)11-9-10-25(2)3)39(32,6)21-19-33(30)38;1-7-27(23-46-35(44)16-15-34(42)43)40-33(41)22-39-36(45)47-28-17-19-37(5)26(21-28)11-12-29-31-14-13-30(25(4)10-8-9-24(2)3)38(31,6)20-18-32(29)37;1-2/h12,25-26,28-33H,8-11,13-24H2,1-7H3,(H,40,43)(H,41,46)(H,42,44);11,24-25,27-32H,7-10,12-23H2,1-6H3,(H,39,45)(H,40,41)(H,42,43);1-2H3/t26-,28?,29+,30?,31-,32?,33?,38+,39-;25-,27?,28+,29?,30-,31?,32?,37+,38-;/m11./s1. The van der Waals surface area contributed by atoms with E-state index in [-0.39, 0.29) is 92.9 Å². The molecule has 0 saturated heterocycles. The molecule has 5 amide bonds. The quantitative estimate of drug-likeness (QED) is 0.0223. The van der Waals surface area contributed by atoms with Gasteiger partial charge in [0.2, 0.25) is 17.7 Å². The monoisotopic (exact) mass is 1360 g/mol. The number of carboxylic acid groups (broad SMARTS) is 1. The third-order valence-corrected chi connectivity index (χ3v) is 25.8. The number of carboxylic acids is 1. The van der Waals surface area contributed by atoms with Crippen molar-refractivity contribution in [1.82, 2.24) is 26.6 Å². The minimum Gasteiger partial charge on any atom is -0.481 e. The van der Waals surface area contributed by atoms with Crippen LogP contribution in [0, 0.1) is 92.7 Å². The Morgan fingerprint density at radius 1 is 0.515 bits per heavy atom. The number of carbonyl (C=O) groups is 8. The van der Waals surface area contributed by atoms with Gasteiger partial charge in [-0.15, -0.1) is 0 Å². The molecule has 97 heavy (non-hydrogen) atoms. The van der Waals surface area contributed by atoms with Crippen molar-refractivity contribution in [3.8, 4) is 0 Å². The molecule has 0 aromatic rings. The predicted molar refractivity (Wildman–Crippen MR) is 381 cm³/mol. The summed E-state index contributed by atoms with van der Waals surface area (Å²) >= 11 is 0. The molecular formula is C79H133N5O13. The Kier molecular flexibility index (Phi) is 31.2. The van der Waals surface area contributed by atoms with Crippen LogP contribution in [0.4, 0.5) is 9.59 Å². The lowest BCUT2D eigenvalue weighted by molar-refractivity contribution is -0.148.